The van der Waals surface area contributed by atoms with Gasteiger partial charge in [-0.05, 0) is 207 Å². The third-order valence-electron chi connectivity index (χ3n) is 21.3. The number of fused-ring (bicyclic) bond motifs is 9. The van der Waals surface area contributed by atoms with E-state index in [0.717, 1.165) is 82.5 Å². The Kier molecular flexibility index (Phi) is 18.8. The molecule has 0 fully saturated rings. The van der Waals surface area contributed by atoms with Crippen molar-refractivity contribution >= 4 is 65.8 Å². The van der Waals surface area contributed by atoms with Gasteiger partial charge in [-0.2, -0.15) is 0 Å². The predicted molar refractivity (Wildman–Crippen MR) is 458 cm³/mol. The van der Waals surface area contributed by atoms with Gasteiger partial charge in [-0.1, -0.05) is 345 Å². The molecule has 0 aliphatic rings. The summed E-state index contributed by atoms with van der Waals surface area (Å²) in [5.41, 5.74) is 33.9. The molecular formula is C105H82O3. The summed E-state index contributed by atoms with van der Waals surface area (Å²) in [5, 5.41) is 6.95. The number of furan rings is 3. The second-order valence-corrected chi connectivity index (χ2v) is 29.3. The van der Waals surface area contributed by atoms with Crippen LogP contribution in [-0.2, 0) is 0 Å². The zero-order valence-corrected chi connectivity index (χ0v) is 61.7. The van der Waals surface area contributed by atoms with Crippen molar-refractivity contribution in [1.82, 2.24) is 0 Å². The summed E-state index contributed by atoms with van der Waals surface area (Å²) in [5.74, 6) is 1.64. The molecule has 108 heavy (non-hydrogen) atoms. The summed E-state index contributed by atoms with van der Waals surface area (Å²) in [6.07, 6.45) is 0. The molecular weight excluding hydrogens is 1310 g/mol. The van der Waals surface area contributed by atoms with Crippen molar-refractivity contribution < 1.29 is 13.3 Å². The first-order valence-electron chi connectivity index (χ1n) is 37.7. The Morgan fingerprint density at radius 1 is 0.157 bits per heavy atom. The molecule has 0 atom stereocenters. The summed E-state index contributed by atoms with van der Waals surface area (Å²) in [6, 6.07) is 133. The average Bonchev–Trinajstić information content (AvgIpc) is 1.62. The van der Waals surface area contributed by atoms with Gasteiger partial charge in [0.05, 0.1) is 0 Å². The monoisotopic (exact) mass is 1390 g/mol. The summed E-state index contributed by atoms with van der Waals surface area (Å²) in [6.45, 7) is 13.4. The van der Waals surface area contributed by atoms with Gasteiger partial charge in [0.25, 0.3) is 0 Å². The first kappa shape index (κ1) is 68.1. The van der Waals surface area contributed by atoms with E-state index in [9.17, 15) is 0 Å². The molecule has 0 bridgehead atoms. The highest BCUT2D eigenvalue weighted by molar-refractivity contribution is 6.10. The highest BCUT2D eigenvalue weighted by Crippen LogP contribution is 2.41. The van der Waals surface area contributed by atoms with Crippen molar-refractivity contribution in [3.8, 4) is 111 Å². The Bertz CT molecular complexity index is 6400. The minimum absolute atomic E-state index is 0.541. The Morgan fingerprint density at radius 3 is 0.815 bits per heavy atom. The van der Waals surface area contributed by atoms with Crippen molar-refractivity contribution in [3.05, 3.63) is 387 Å². The molecule has 19 rings (SSSR count). The first-order valence-corrected chi connectivity index (χ1v) is 37.7. The van der Waals surface area contributed by atoms with Crippen LogP contribution in [0.5, 0.6) is 0 Å². The van der Waals surface area contributed by atoms with Crippen molar-refractivity contribution in [2.75, 3.05) is 0 Å². The smallest absolute Gasteiger partial charge is 0.143 e. The van der Waals surface area contributed by atoms with E-state index in [1.54, 1.807) is 0 Å². The quantitative estimate of drug-likeness (QED) is 0.115. The molecule has 16 aromatic carbocycles. The third kappa shape index (κ3) is 14.1. The molecule has 0 amide bonds. The molecule has 0 N–H and O–H groups in total. The highest BCUT2D eigenvalue weighted by Gasteiger charge is 2.16. The van der Waals surface area contributed by atoms with E-state index < -0.39 is 0 Å². The molecule has 19 aromatic rings. The molecule has 3 aromatic heterocycles. The SMILES string of the molecule is CC(C)c1ccc(-c2ccc(-c3ccc(-c4ccc(-c5ccc6oc7ccccc7c6c5)cc4)cc3)cc2)cc1.CC(C)c1ccc(-c2cccc(-c3cccc(-c4ccc5c(c4)oc4ccccc45)c3)c2)cc1.CC(C)c1ccc(-c2cccc(-c3cccc(-c4cccc5c4oc4ccccc45)c3)c2)cc1. The van der Waals surface area contributed by atoms with E-state index in [1.807, 2.05) is 36.4 Å². The van der Waals surface area contributed by atoms with Gasteiger partial charge in [-0.3, -0.25) is 0 Å². The minimum Gasteiger partial charge on any atom is -0.456 e. The number of rotatable bonds is 13. The fourth-order valence-corrected chi connectivity index (χ4v) is 15.0. The van der Waals surface area contributed by atoms with Gasteiger partial charge >= 0.3 is 0 Å². The summed E-state index contributed by atoms with van der Waals surface area (Å²) in [4.78, 5) is 0. The highest BCUT2D eigenvalue weighted by atomic mass is 16.3. The lowest BCUT2D eigenvalue weighted by Crippen LogP contribution is -1.87. The number of para-hydroxylation sites is 4. The fourth-order valence-electron chi connectivity index (χ4n) is 15.0. The number of benzene rings is 16. The topological polar surface area (TPSA) is 39.4 Å². The average molecular weight is 1390 g/mol. The molecule has 0 spiro atoms. The maximum absolute atomic E-state index is 6.29. The maximum Gasteiger partial charge on any atom is 0.143 e. The van der Waals surface area contributed by atoms with Gasteiger partial charge in [-0.25, -0.2) is 0 Å². The summed E-state index contributed by atoms with van der Waals surface area (Å²) in [7, 11) is 0. The van der Waals surface area contributed by atoms with Crippen LogP contribution in [0, 0.1) is 0 Å². The van der Waals surface area contributed by atoms with Crippen molar-refractivity contribution in [2.24, 2.45) is 0 Å². The van der Waals surface area contributed by atoms with Crippen LogP contribution in [0.3, 0.4) is 0 Å². The third-order valence-corrected chi connectivity index (χ3v) is 21.3. The molecule has 3 heteroatoms. The lowest BCUT2D eigenvalue weighted by Gasteiger charge is -2.10. The molecule has 0 aliphatic carbocycles. The Morgan fingerprint density at radius 2 is 0.407 bits per heavy atom. The zero-order chi connectivity index (χ0) is 73.2. The molecule has 3 heterocycles. The Balaban J connectivity index is 0.000000119. The van der Waals surface area contributed by atoms with E-state index in [0.29, 0.717) is 17.8 Å². The first-order chi connectivity index (χ1) is 52.9. The van der Waals surface area contributed by atoms with Crippen LogP contribution in [0.1, 0.15) is 76.0 Å². The van der Waals surface area contributed by atoms with Gasteiger partial charge in [0.2, 0.25) is 0 Å². The van der Waals surface area contributed by atoms with Crippen LogP contribution in [0.4, 0.5) is 0 Å². The van der Waals surface area contributed by atoms with E-state index in [1.165, 1.54) is 111 Å². The number of hydrogen-bond donors (Lipinski definition) is 0. The van der Waals surface area contributed by atoms with Crippen LogP contribution in [-0.4, -0.2) is 0 Å². The van der Waals surface area contributed by atoms with Crippen molar-refractivity contribution in [1.29, 1.82) is 0 Å². The molecule has 0 unspecified atom stereocenters. The van der Waals surface area contributed by atoms with Gasteiger partial charge in [0, 0.05) is 37.9 Å². The molecule has 0 radical (unpaired) electrons. The lowest BCUT2D eigenvalue weighted by atomic mass is 9.94. The standard InChI is InChI=1S/C39H30O.2C33H26O/c1-26(2)27-7-9-28(10-8-27)29-11-13-30(14-12-29)31-15-17-32(18-16-31)33-19-21-34(22-20-33)35-23-24-39-37(25-35)36-5-3-4-6-38(36)40-39;1-22(2)23-16-18-24(19-17-23)25-8-5-9-26(20-25)27-10-6-11-28(21-27)29-13-7-14-31-30-12-3-4-15-32(30)34-33(29)31;1-22(2)23-13-15-24(16-14-23)25-7-5-8-26(19-25)27-9-6-10-28(20-27)29-17-18-31-30-11-3-4-12-32(30)34-33(31)21-29/h3-26H,1-2H3;2*3-22H,1-2H3. The fraction of sp³-hybridized carbons (Fsp3) is 0.0857. The second-order valence-electron chi connectivity index (χ2n) is 29.3. The Labute approximate surface area is 632 Å². The summed E-state index contributed by atoms with van der Waals surface area (Å²) >= 11 is 0. The lowest BCUT2D eigenvalue weighted by molar-refractivity contribution is 0.668. The van der Waals surface area contributed by atoms with Gasteiger partial charge in [0.1, 0.15) is 33.5 Å². The number of hydrogen-bond acceptors (Lipinski definition) is 3. The van der Waals surface area contributed by atoms with E-state index in [4.69, 9.17) is 13.3 Å². The predicted octanol–water partition coefficient (Wildman–Crippen LogP) is 30.8. The molecule has 0 saturated heterocycles. The molecule has 520 valence electrons. The molecule has 0 aliphatic heterocycles. The van der Waals surface area contributed by atoms with Gasteiger partial charge in [-0.15, -0.1) is 0 Å². The zero-order valence-electron chi connectivity index (χ0n) is 61.7. The van der Waals surface area contributed by atoms with Crippen LogP contribution < -0.4 is 0 Å². The van der Waals surface area contributed by atoms with E-state index >= 15 is 0 Å². The summed E-state index contributed by atoms with van der Waals surface area (Å²) < 4.78 is 18.4. The van der Waals surface area contributed by atoms with Crippen molar-refractivity contribution in [2.45, 2.75) is 59.3 Å². The normalized spacial score (nSPS) is 11.5. The Hall–Kier alpha value is -13.1. The van der Waals surface area contributed by atoms with E-state index in [2.05, 4.69) is 375 Å². The van der Waals surface area contributed by atoms with Crippen LogP contribution in [0.2, 0.25) is 0 Å². The van der Waals surface area contributed by atoms with Crippen molar-refractivity contribution in [3.63, 3.8) is 0 Å². The second kappa shape index (κ2) is 29.8. The molecule has 0 saturated carbocycles. The van der Waals surface area contributed by atoms with Crippen LogP contribution >= 0.6 is 0 Å². The minimum atomic E-state index is 0.541. The largest absolute Gasteiger partial charge is 0.456 e. The van der Waals surface area contributed by atoms with E-state index in [-0.39, 0.29) is 0 Å². The van der Waals surface area contributed by atoms with Gasteiger partial charge < -0.3 is 13.3 Å². The van der Waals surface area contributed by atoms with Crippen LogP contribution in [0.15, 0.2) is 383 Å². The molecule has 3 nitrogen and oxygen atoms in total. The van der Waals surface area contributed by atoms with Crippen LogP contribution in [0.25, 0.3) is 177 Å². The van der Waals surface area contributed by atoms with Gasteiger partial charge in [0.15, 0.2) is 0 Å². The maximum atomic E-state index is 6.29.